The lowest BCUT2D eigenvalue weighted by atomic mass is 10.0. The molecule has 2 aliphatic heterocycles. The average Bonchev–Trinajstić information content (AvgIpc) is 3.71. The topological polar surface area (TPSA) is 99.3 Å². The Labute approximate surface area is 274 Å². The van der Waals surface area contributed by atoms with Gasteiger partial charge in [-0.2, -0.15) is 0 Å². The Morgan fingerprint density at radius 1 is 0.978 bits per heavy atom. The van der Waals surface area contributed by atoms with Crippen molar-refractivity contribution in [1.29, 1.82) is 0 Å². The highest BCUT2D eigenvalue weighted by molar-refractivity contribution is 5.85. The number of rotatable bonds is 11. The van der Waals surface area contributed by atoms with E-state index < -0.39 is 0 Å². The summed E-state index contributed by atoms with van der Waals surface area (Å²) >= 11 is 0. The van der Waals surface area contributed by atoms with Gasteiger partial charge in [-0.3, -0.25) is 24.1 Å². The number of likely N-dealkylation sites (tertiary alicyclic amines) is 2. The largest absolute Gasteiger partial charge is 0.471 e. The van der Waals surface area contributed by atoms with Crippen LogP contribution in [0.15, 0.2) is 30.3 Å². The molecule has 1 aromatic rings. The van der Waals surface area contributed by atoms with Gasteiger partial charge < -0.3 is 19.9 Å². The fourth-order valence-electron chi connectivity index (χ4n) is 5.13. The van der Waals surface area contributed by atoms with E-state index >= 15 is 0 Å². The van der Waals surface area contributed by atoms with Crippen LogP contribution in [0.4, 0.5) is 0 Å². The van der Waals surface area contributed by atoms with Gasteiger partial charge in [0, 0.05) is 39.1 Å². The minimum atomic E-state index is -0.0823. The van der Waals surface area contributed by atoms with E-state index in [9.17, 15) is 14.4 Å². The lowest BCUT2D eigenvalue weighted by molar-refractivity contribution is -0.136. The van der Waals surface area contributed by atoms with Crippen LogP contribution in [0.5, 0.6) is 0 Å². The van der Waals surface area contributed by atoms with Gasteiger partial charge >= 0.3 is 0 Å². The van der Waals surface area contributed by atoms with Gasteiger partial charge in [-0.05, 0) is 62.0 Å². The summed E-state index contributed by atoms with van der Waals surface area (Å²) in [6, 6.07) is 10.5. The van der Waals surface area contributed by atoms with E-state index in [2.05, 4.69) is 87.7 Å². The Hall–Kier alpha value is -2.94. The molecule has 2 aliphatic rings. The second-order valence-corrected chi connectivity index (χ2v) is 13.2. The van der Waals surface area contributed by atoms with Gasteiger partial charge in [0.05, 0.1) is 19.7 Å². The van der Waals surface area contributed by atoms with Crippen molar-refractivity contribution in [2.45, 2.75) is 112 Å². The molecule has 0 saturated carbocycles. The van der Waals surface area contributed by atoms with Crippen LogP contribution < -0.4 is 5.32 Å². The SMILES string of the molecule is CC(C)C.CC(C)c1ccccc1.CCCC(=O)NCC(=O)N(C)[C@H](CN1CCC[C@H]1C(=O)N1CCCC1)C(C)C.COC=O. The monoisotopic (exact) mass is 632 g/mol. The van der Waals surface area contributed by atoms with E-state index in [-0.39, 0.29) is 42.3 Å². The highest BCUT2D eigenvalue weighted by Gasteiger charge is 2.37. The van der Waals surface area contributed by atoms with Gasteiger partial charge in [0.15, 0.2) is 0 Å². The Kier molecular flexibility index (Phi) is 22.7. The summed E-state index contributed by atoms with van der Waals surface area (Å²) in [7, 11) is 3.12. The molecule has 2 fully saturated rings. The number of hydrogen-bond acceptors (Lipinski definition) is 6. The Bertz CT molecular complexity index is 945. The van der Waals surface area contributed by atoms with Gasteiger partial charge in [0.25, 0.3) is 6.47 Å². The Morgan fingerprint density at radius 3 is 1.98 bits per heavy atom. The molecule has 258 valence electrons. The highest BCUT2D eigenvalue weighted by Crippen LogP contribution is 2.24. The van der Waals surface area contributed by atoms with Crippen LogP contribution in [0.3, 0.4) is 0 Å². The average molecular weight is 633 g/mol. The molecule has 9 nitrogen and oxygen atoms in total. The maximum atomic E-state index is 12.9. The third kappa shape index (κ3) is 18.0. The normalized spacial score (nSPS) is 16.5. The van der Waals surface area contributed by atoms with Crippen molar-refractivity contribution in [3.63, 3.8) is 0 Å². The van der Waals surface area contributed by atoms with Crippen LogP contribution in [0.2, 0.25) is 0 Å². The van der Waals surface area contributed by atoms with E-state index in [1.165, 1.54) is 12.7 Å². The Balaban J connectivity index is 0.000000925. The molecule has 0 aliphatic carbocycles. The summed E-state index contributed by atoms with van der Waals surface area (Å²) < 4.78 is 3.86. The zero-order valence-electron chi connectivity index (χ0n) is 30.0. The predicted octanol–water partition coefficient (Wildman–Crippen LogP) is 5.73. The number of methoxy groups -OCH3 is 1. The number of ether oxygens (including phenoxy) is 1. The van der Waals surface area contributed by atoms with Crippen molar-refractivity contribution < 1.29 is 23.9 Å². The lowest BCUT2D eigenvalue weighted by Crippen LogP contribution is -2.53. The molecule has 2 heterocycles. The quantitative estimate of drug-likeness (QED) is 0.313. The van der Waals surface area contributed by atoms with Gasteiger partial charge in [-0.1, -0.05) is 85.7 Å². The molecule has 45 heavy (non-hydrogen) atoms. The number of carbonyl (C=O) groups excluding carboxylic acids is 4. The van der Waals surface area contributed by atoms with Crippen LogP contribution >= 0.6 is 0 Å². The van der Waals surface area contributed by atoms with E-state index in [0.717, 1.165) is 57.7 Å². The summed E-state index contributed by atoms with van der Waals surface area (Å²) in [5, 5.41) is 2.71. The number of benzene rings is 1. The van der Waals surface area contributed by atoms with Gasteiger partial charge in [-0.15, -0.1) is 0 Å². The molecule has 2 atom stereocenters. The minimum Gasteiger partial charge on any atom is -0.471 e. The first-order valence-electron chi connectivity index (χ1n) is 16.9. The van der Waals surface area contributed by atoms with Crippen molar-refractivity contribution in [3.8, 4) is 0 Å². The third-order valence-electron chi connectivity index (χ3n) is 7.62. The van der Waals surface area contributed by atoms with Crippen molar-refractivity contribution >= 4 is 24.2 Å². The standard InChI is InChI=1S/C21H38N4O3.C9H12.C4H10.C2H4O2/c1-5-9-19(26)22-14-20(27)23(4)18(16(2)3)15-25-13-8-10-17(25)21(28)24-11-6-7-12-24;1-8(2)9-6-4-3-5-7-9;1-4(2)3;1-4-2-3/h16-18H,5-15H2,1-4H3,(H,22,26);3-8H,1-2H3;4H,1-3H3;2H,1H3/t17-,18+;;;/m0.../s1. The van der Waals surface area contributed by atoms with Crippen LogP contribution in [0, 0.1) is 11.8 Å². The number of nitrogens with one attached hydrogen (secondary N) is 1. The molecule has 0 bridgehead atoms. The number of amides is 3. The molecule has 0 radical (unpaired) electrons. The number of hydrogen-bond donors (Lipinski definition) is 1. The van der Waals surface area contributed by atoms with Gasteiger partial charge in [0.1, 0.15) is 0 Å². The first kappa shape index (κ1) is 42.1. The third-order valence-corrected chi connectivity index (χ3v) is 7.62. The van der Waals surface area contributed by atoms with Crippen LogP contribution in [-0.4, -0.2) is 97.9 Å². The number of likely N-dealkylation sites (N-methyl/N-ethyl adjacent to an activating group) is 1. The van der Waals surface area contributed by atoms with Crippen molar-refractivity contribution in [1.82, 2.24) is 20.0 Å². The molecular weight excluding hydrogens is 568 g/mol. The molecule has 2 saturated heterocycles. The molecule has 3 rings (SSSR count). The fourth-order valence-corrected chi connectivity index (χ4v) is 5.13. The molecule has 1 N–H and O–H groups in total. The van der Waals surface area contributed by atoms with Crippen molar-refractivity contribution in [3.05, 3.63) is 35.9 Å². The Morgan fingerprint density at radius 2 is 1.53 bits per heavy atom. The second-order valence-electron chi connectivity index (χ2n) is 13.2. The second kappa shape index (κ2) is 24.3. The van der Waals surface area contributed by atoms with Crippen LogP contribution in [-0.2, 0) is 23.9 Å². The smallest absolute Gasteiger partial charge is 0.292 e. The highest BCUT2D eigenvalue weighted by atomic mass is 16.5. The molecule has 9 heteroatoms. The zero-order valence-corrected chi connectivity index (χ0v) is 30.0. The van der Waals surface area contributed by atoms with E-state index in [1.54, 1.807) is 4.90 Å². The summed E-state index contributed by atoms with van der Waals surface area (Å²) in [6.07, 6.45) is 5.36. The van der Waals surface area contributed by atoms with Crippen LogP contribution in [0.1, 0.15) is 105 Å². The molecule has 0 spiro atoms. The molecule has 0 aromatic heterocycles. The summed E-state index contributed by atoms with van der Waals surface area (Å²) in [4.78, 5) is 52.2. The fraction of sp³-hybridized carbons (Fsp3) is 0.722. The van der Waals surface area contributed by atoms with Crippen molar-refractivity contribution in [2.75, 3.05) is 46.9 Å². The van der Waals surface area contributed by atoms with Crippen LogP contribution in [0.25, 0.3) is 0 Å². The van der Waals surface area contributed by atoms with E-state index in [0.29, 0.717) is 25.4 Å². The minimum absolute atomic E-state index is 0.0163. The summed E-state index contributed by atoms with van der Waals surface area (Å²) in [6.45, 7) is 20.8. The summed E-state index contributed by atoms with van der Waals surface area (Å²) in [5.74, 6) is 1.86. The maximum absolute atomic E-state index is 12.9. The summed E-state index contributed by atoms with van der Waals surface area (Å²) in [5.41, 5.74) is 1.41. The van der Waals surface area contributed by atoms with Crippen molar-refractivity contribution in [2.24, 2.45) is 11.8 Å². The van der Waals surface area contributed by atoms with E-state index in [4.69, 9.17) is 4.79 Å². The first-order chi connectivity index (χ1) is 21.3. The molecular formula is C36H64N4O5. The first-order valence-corrected chi connectivity index (χ1v) is 16.9. The van der Waals surface area contributed by atoms with Gasteiger partial charge in [-0.25, -0.2) is 0 Å². The maximum Gasteiger partial charge on any atom is 0.292 e. The van der Waals surface area contributed by atoms with Gasteiger partial charge in [0.2, 0.25) is 17.7 Å². The number of carbonyl (C=O) groups is 4. The van der Waals surface area contributed by atoms with E-state index in [1.807, 2.05) is 24.9 Å². The number of nitrogens with zero attached hydrogens (tertiary/aromatic N) is 3. The lowest BCUT2D eigenvalue weighted by Gasteiger charge is -2.37. The predicted molar refractivity (Wildman–Crippen MR) is 184 cm³/mol. The molecule has 1 aromatic carbocycles. The zero-order chi connectivity index (χ0) is 34.4. The molecule has 3 amide bonds. The molecule has 0 unspecified atom stereocenters.